The lowest BCUT2D eigenvalue weighted by molar-refractivity contribution is -0.385. The van der Waals surface area contributed by atoms with Gasteiger partial charge in [-0.25, -0.2) is 0 Å². The first-order valence-corrected chi connectivity index (χ1v) is 7.93. The first-order valence-electron chi connectivity index (χ1n) is 7.93. The number of amides is 1. The number of likely N-dealkylation sites (tertiary alicyclic amines) is 1. The van der Waals surface area contributed by atoms with Crippen molar-refractivity contribution in [2.75, 3.05) is 19.7 Å². The number of carbonyl (C=O) groups excluding carboxylic acids is 2. The van der Waals surface area contributed by atoms with Crippen molar-refractivity contribution in [3.8, 4) is 5.75 Å². The molecule has 1 saturated heterocycles. The lowest BCUT2D eigenvalue weighted by Gasteiger charge is -2.13. The summed E-state index contributed by atoms with van der Waals surface area (Å²) >= 11 is 0. The minimum atomic E-state index is -0.567. The molecule has 0 bridgehead atoms. The Morgan fingerprint density at radius 2 is 1.96 bits per heavy atom. The third kappa shape index (κ3) is 3.68. The Balaban J connectivity index is 1.64. The van der Waals surface area contributed by atoms with E-state index in [1.54, 1.807) is 11.0 Å². The van der Waals surface area contributed by atoms with E-state index in [0.717, 1.165) is 25.9 Å². The van der Waals surface area contributed by atoms with Gasteiger partial charge in [-0.3, -0.25) is 19.7 Å². The number of H-pyrrole nitrogens is 1. The lowest BCUT2D eigenvalue weighted by atomic mass is 10.2. The van der Waals surface area contributed by atoms with E-state index in [1.165, 1.54) is 30.5 Å². The second-order valence-electron chi connectivity index (χ2n) is 5.74. The average molecular weight is 343 g/mol. The van der Waals surface area contributed by atoms with E-state index < -0.39 is 4.92 Å². The number of nitro groups is 1. The summed E-state index contributed by atoms with van der Waals surface area (Å²) in [5.41, 5.74) is 0.464. The predicted octanol–water partition coefficient (Wildman–Crippen LogP) is 2.42. The Kier molecular flexibility index (Phi) is 4.78. The minimum Gasteiger partial charge on any atom is -0.478 e. The zero-order valence-corrected chi connectivity index (χ0v) is 13.4. The van der Waals surface area contributed by atoms with Crippen molar-refractivity contribution < 1.29 is 19.2 Å². The van der Waals surface area contributed by atoms with Crippen molar-refractivity contribution in [2.24, 2.45) is 0 Å². The Bertz CT molecular complexity index is 808. The van der Waals surface area contributed by atoms with Crippen molar-refractivity contribution in [1.82, 2.24) is 9.88 Å². The number of Topliss-reactive ketones (excluding diaryl/α,β-unsaturated/α-hetero) is 1. The summed E-state index contributed by atoms with van der Waals surface area (Å²) in [5, 5.41) is 10.9. The predicted molar refractivity (Wildman–Crippen MR) is 88.9 cm³/mol. The fourth-order valence-corrected chi connectivity index (χ4v) is 2.73. The van der Waals surface area contributed by atoms with E-state index in [-0.39, 0.29) is 29.7 Å². The number of ether oxygens (including phenoxy) is 1. The molecule has 1 amide bonds. The molecule has 1 aliphatic heterocycles. The molecule has 8 heteroatoms. The molecule has 0 atom stereocenters. The van der Waals surface area contributed by atoms with Crippen LogP contribution in [0.1, 0.15) is 33.7 Å². The standard InChI is InChI=1S/C17H17N3O5/c21-15(11-25-16-6-2-1-5-14(16)20(23)24)12-9-13(18-10-12)17(22)19-7-3-4-8-19/h1-2,5-6,9-10,18H,3-4,7-8,11H2. The van der Waals surface area contributed by atoms with Crippen molar-refractivity contribution in [2.45, 2.75) is 12.8 Å². The highest BCUT2D eigenvalue weighted by Gasteiger charge is 2.22. The van der Waals surface area contributed by atoms with Gasteiger partial charge in [0.25, 0.3) is 5.91 Å². The van der Waals surface area contributed by atoms with Crippen molar-refractivity contribution in [1.29, 1.82) is 0 Å². The van der Waals surface area contributed by atoms with Crippen LogP contribution in [0.3, 0.4) is 0 Å². The van der Waals surface area contributed by atoms with Crippen LogP contribution in [0, 0.1) is 10.1 Å². The van der Waals surface area contributed by atoms with Gasteiger partial charge in [0.1, 0.15) is 5.69 Å². The van der Waals surface area contributed by atoms with Gasteiger partial charge >= 0.3 is 5.69 Å². The van der Waals surface area contributed by atoms with Crippen LogP contribution in [-0.4, -0.2) is 46.2 Å². The average Bonchev–Trinajstić information content (AvgIpc) is 3.30. The molecule has 8 nitrogen and oxygen atoms in total. The SMILES string of the molecule is O=C(COc1ccccc1[N+](=O)[O-])c1c[nH]c(C(=O)N2CCCC2)c1. The first-order chi connectivity index (χ1) is 12.1. The van der Waals surface area contributed by atoms with Crippen LogP contribution in [0.4, 0.5) is 5.69 Å². The van der Waals surface area contributed by atoms with Gasteiger partial charge in [-0.15, -0.1) is 0 Å². The third-order valence-corrected chi connectivity index (χ3v) is 4.05. The van der Waals surface area contributed by atoms with Gasteiger partial charge in [0, 0.05) is 30.9 Å². The molecule has 0 radical (unpaired) electrons. The molecule has 2 aromatic rings. The second kappa shape index (κ2) is 7.16. The molecule has 1 aliphatic rings. The Morgan fingerprint density at radius 1 is 1.24 bits per heavy atom. The molecule has 0 spiro atoms. The highest BCUT2D eigenvalue weighted by molar-refractivity contribution is 6.01. The van der Waals surface area contributed by atoms with Gasteiger partial charge in [0.2, 0.25) is 5.78 Å². The molecule has 0 saturated carbocycles. The maximum atomic E-state index is 12.3. The molecule has 0 unspecified atom stereocenters. The number of ketones is 1. The highest BCUT2D eigenvalue weighted by Crippen LogP contribution is 2.26. The van der Waals surface area contributed by atoms with Crippen LogP contribution < -0.4 is 4.74 Å². The van der Waals surface area contributed by atoms with Gasteiger partial charge in [0.05, 0.1) is 4.92 Å². The van der Waals surface area contributed by atoms with Crippen LogP contribution in [0.25, 0.3) is 0 Å². The van der Waals surface area contributed by atoms with Crippen LogP contribution in [-0.2, 0) is 0 Å². The maximum absolute atomic E-state index is 12.3. The number of aromatic amines is 1. The normalized spacial score (nSPS) is 13.7. The number of aromatic nitrogens is 1. The summed E-state index contributed by atoms with van der Waals surface area (Å²) in [5.74, 6) is -0.462. The van der Waals surface area contributed by atoms with Crippen molar-refractivity contribution in [3.05, 3.63) is 57.9 Å². The monoisotopic (exact) mass is 343 g/mol. The molecule has 1 aromatic heterocycles. The summed E-state index contributed by atoms with van der Waals surface area (Å²) in [7, 11) is 0. The highest BCUT2D eigenvalue weighted by atomic mass is 16.6. The molecule has 1 fully saturated rings. The molecule has 0 aliphatic carbocycles. The summed E-state index contributed by atoms with van der Waals surface area (Å²) in [6.07, 6.45) is 3.43. The topological polar surface area (TPSA) is 106 Å². The molecular weight excluding hydrogens is 326 g/mol. The van der Waals surface area contributed by atoms with E-state index in [0.29, 0.717) is 11.3 Å². The van der Waals surface area contributed by atoms with Crippen LogP contribution in [0.5, 0.6) is 5.75 Å². The van der Waals surface area contributed by atoms with Gasteiger partial charge < -0.3 is 14.6 Å². The fourth-order valence-electron chi connectivity index (χ4n) is 2.73. The smallest absolute Gasteiger partial charge is 0.310 e. The van der Waals surface area contributed by atoms with E-state index >= 15 is 0 Å². The Labute approximate surface area is 143 Å². The van der Waals surface area contributed by atoms with Gasteiger partial charge in [-0.05, 0) is 25.0 Å². The fraction of sp³-hybridized carbons (Fsp3) is 0.294. The summed E-state index contributed by atoms with van der Waals surface area (Å²) in [4.78, 5) is 39.4. The van der Waals surface area contributed by atoms with E-state index in [2.05, 4.69) is 4.98 Å². The number of rotatable bonds is 6. The number of carbonyl (C=O) groups is 2. The number of para-hydroxylation sites is 2. The first kappa shape index (κ1) is 16.7. The van der Waals surface area contributed by atoms with E-state index in [4.69, 9.17) is 4.74 Å². The van der Waals surface area contributed by atoms with Crippen LogP contribution in [0.15, 0.2) is 36.5 Å². The van der Waals surface area contributed by atoms with E-state index in [9.17, 15) is 19.7 Å². The molecule has 25 heavy (non-hydrogen) atoms. The van der Waals surface area contributed by atoms with Crippen LogP contribution >= 0.6 is 0 Å². The maximum Gasteiger partial charge on any atom is 0.310 e. The van der Waals surface area contributed by atoms with Crippen LogP contribution in [0.2, 0.25) is 0 Å². The molecule has 2 heterocycles. The number of nitrogens with zero attached hydrogens (tertiary/aromatic N) is 2. The summed E-state index contributed by atoms with van der Waals surface area (Å²) < 4.78 is 5.28. The number of nitrogens with one attached hydrogen (secondary N) is 1. The molecular formula is C17H17N3O5. The molecule has 1 N–H and O–H groups in total. The molecule has 130 valence electrons. The minimum absolute atomic E-state index is 0.0322. The van der Waals surface area contributed by atoms with Gasteiger partial charge in [-0.1, -0.05) is 12.1 Å². The summed E-state index contributed by atoms with van der Waals surface area (Å²) in [6.45, 7) is 1.10. The molecule has 1 aromatic carbocycles. The second-order valence-corrected chi connectivity index (χ2v) is 5.74. The zero-order chi connectivity index (χ0) is 17.8. The number of benzene rings is 1. The van der Waals surface area contributed by atoms with Crippen molar-refractivity contribution in [3.63, 3.8) is 0 Å². The van der Waals surface area contributed by atoms with Crippen molar-refractivity contribution >= 4 is 17.4 Å². The number of hydrogen-bond donors (Lipinski definition) is 1. The van der Waals surface area contributed by atoms with E-state index in [1.807, 2.05) is 0 Å². The largest absolute Gasteiger partial charge is 0.478 e. The number of nitro benzene ring substituents is 1. The quantitative estimate of drug-likeness (QED) is 0.492. The lowest BCUT2D eigenvalue weighted by Crippen LogP contribution is -2.27. The van der Waals surface area contributed by atoms with Gasteiger partial charge in [-0.2, -0.15) is 0 Å². The molecule has 3 rings (SSSR count). The zero-order valence-electron chi connectivity index (χ0n) is 13.4. The summed E-state index contributed by atoms with van der Waals surface area (Å²) in [6, 6.07) is 7.35. The Morgan fingerprint density at radius 3 is 2.68 bits per heavy atom. The Hall–Kier alpha value is -3.16. The third-order valence-electron chi connectivity index (χ3n) is 4.05. The van der Waals surface area contributed by atoms with Gasteiger partial charge in [0.15, 0.2) is 12.4 Å². The number of hydrogen-bond acceptors (Lipinski definition) is 5.